The molecule has 1 aromatic rings. The lowest BCUT2D eigenvalue weighted by Crippen LogP contribution is -2.26. The summed E-state index contributed by atoms with van der Waals surface area (Å²) in [5.41, 5.74) is 1.26. The molecule has 2 heterocycles. The average Bonchev–Trinajstić information content (AvgIpc) is 2.79. The molecule has 0 spiro atoms. The Hall–Kier alpha value is -0.870. The Bertz CT molecular complexity index is 318. The van der Waals surface area contributed by atoms with Crippen LogP contribution in [0.3, 0.4) is 0 Å². The van der Waals surface area contributed by atoms with E-state index >= 15 is 0 Å². The Morgan fingerprint density at radius 1 is 1.53 bits per heavy atom. The second-order valence-electron chi connectivity index (χ2n) is 4.70. The monoisotopic (exact) mass is 237 g/mol. The molecule has 1 aromatic heterocycles. The first-order valence-electron chi connectivity index (χ1n) is 6.71. The van der Waals surface area contributed by atoms with Crippen molar-refractivity contribution in [3.8, 4) is 0 Å². The topological polar surface area (TPSA) is 39.1 Å². The standard InChI is InChI=1S/C13H23N3O/c1-2-6-14-8-12-9-15-11-16(12)10-13-5-3-4-7-17-13/h9,11,13-14H,2-8,10H2,1H3. The van der Waals surface area contributed by atoms with Crippen LogP contribution in [-0.4, -0.2) is 28.8 Å². The zero-order valence-electron chi connectivity index (χ0n) is 10.7. The van der Waals surface area contributed by atoms with Crippen molar-refractivity contribution in [2.45, 2.75) is 51.8 Å². The Balaban J connectivity index is 1.84. The number of aromatic nitrogens is 2. The summed E-state index contributed by atoms with van der Waals surface area (Å²) < 4.78 is 7.98. The van der Waals surface area contributed by atoms with Gasteiger partial charge >= 0.3 is 0 Å². The zero-order valence-corrected chi connectivity index (χ0v) is 10.7. The molecule has 0 radical (unpaired) electrons. The van der Waals surface area contributed by atoms with E-state index in [2.05, 4.69) is 21.8 Å². The summed E-state index contributed by atoms with van der Waals surface area (Å²) in [5, 5.41) is 3.41. The summed E-state index contributed by atoms with van der Waals surface area (Å²) in [7, 11) is 0. The molecule has 1 saturated heterocycles. The van der Waals surface area contributed by atoms with Crippen LogP contribution in [0.1, 0.15) is 38.3 Å². The van der Waals surface area contributed by atoms with Gasteiger partial charge in [0.2, 0.25) is 0 Å². The van der Waals surface area contributed by atoms with Crippen molar-refractivity contribution >= 4 is 0 Å². The Labute approximate surface area is 103 Å². The minimum atomic E-state index is 0.378. The molecule has 1 N–H and O–H groups in total. The molecule has 0 aliphatic carbocycles. The maximum absolute atomic E-state index is 5.76. The molecule has 1 fully saturated rings. The maximum atomic E-state index is 5.76. The van der Waals surface area contributed by atoms with Crippen LogP contribution in [0, 0.1) is 0 Å². The van der Waals surface area contributed by atoms with E-state index in [-0.39, 0.29) is 0 Å². The van der Waals surface area contributed by atoms with Gasteiger partial charge in [0, 0.05) is 19.3 Å². The van der Waals surface area contributed by atoms with Gasteiger partial charge in [-0.25, -0.2) is 4.98 Å². The van der Waals surface area contributed by atoms with E-state index in [4.69, 9.17) is 4.74 Å². The normalized spacial score (nSPS) is 20.6. The minimum absolute atomic E-state index is 0.378. The van der Waals surface area contributed by atoms with E-state index < -0.39 is 0 Å². The van der Waals surface area contributed by atoms with E-state index in [1.165, 1.54) is 31.4 Å². The van der Waals surface area contributed by atoms with Gasteiger partial charge in [-0.1, -0.05) is 6.92 Å². The lowest BCUT2D eigenvalue weighted by Gasteiger charge is -2.23. The van der Waals surface area contributed by atoms with Crippen LogP contribution in [0.25, 0.3) is 0 Å². The van der Waals surface area contributed by atoms with Crippen molar-refractivity contribution in [3.05, 3.63) is 18.2 Å². The van der Waals surface area contributed by atoms with Crippen molar-refractivity contribution in [1.82, 2.24) is 14.9 Å². The molecular formula is C13H23N3O. The number of hydrogen-bond donors (Lipinski definition) is 1. The van der Waals surface area contributed by atoms with Crippen LogP contribution in [0.4, 0.5) is 0 Å². The fourth-order valence-corrected chi connectivity index (χ4v) is 2.22. The van der Waals surface area contributed by atoms with Crippen molar-refractivity contribution in [3.63, 3.8) is 0 Å². The summed E-state index contributed by atoms with van der Waals surface area (Å²) in [6.07, 6.45) is 9.10. The highest BCUT2D eigenvalue weighted by atomic mass is 16.5. The second-order valence-corrected chi connectivity index (χ2v) is 4.70. The SMILES string of the molecule is CCCNCc1cncn1CC1CCCCO1. The van der Waals surface area contributed by atoms with Crippen molar-refractivity contribution in [2.24, 2.45) is 0 Å². The van der Waals surface area contributed by atoms with Gasteiger partial charge in [-0.05, 0) is 32.2 Å². The van der Waals surface area contributed by atoms with Gasteiger partial charge in [-0.3, -0.25) is 0 Å². The van der Waals surface area contributed by atoms with Gasteiger partial charge in [-0.2, -0.15) is 0 Å². The molecule has 2 rings (SSSR count). The summed E-state index contributed by atoms with van der Waals surface area (Å²) >= 11 is 0. The third kappa shape index (κ3) is 3.82. The van der Waals surface area contributed by atoms with Crippen molar-refractivity contribution in [2.75, 3.05) is 13.2 Å². The molecular weight excluding hydrogens is 214 g/mol. The van der Waals surface area contributed by atoms with Gasteiger partial charge in [0.1, 0.15) is 0 Å². The van der Waals surface area contributed by atoms with E-state index in [9.17, 15) is 0 Å². The van der Waals surface area contributed by atoms with Gasteiger partial charge < -0.3 is 14.6 Å². The first-order chi connectivity index (χ1) is 8.40. The van der Waals surface area contributed by atoms with Crippen LogP contribution in [0.15, 0.2) is 12.5 Å². The fourth-order valence-electron chi connectivity index (χ4n) is 2.22. The van der Waals surface area contributed by atoms with E-state index in [0.717, 1.165) is 26.2 Å². The number of rotatable bonds is 6. The third-order valence-electron chi connectivity index (χ3n) is 3.21. The maximum Gasteiger partial charge on any atom is 0.0949 e. The van der Waals surface area contributed by atoms with E-state index in [1.54, 1.807) is 0 Å². The predicted octanol–water partition coefficient (Wildman–Crippen LogP) is 1.95. The van der Waals surface area contributed by atoms with Crippen LogP contribution in [-0.2, 0) is 17.8 Å². The van der Waals surface area contributed by atoms with Gasteiger partial charge in [0.05, 0.1) is 24.7 Å². The van der Waals surface area contributed by atoms with Crippen LogP contribution in [0.5, 0.6) is 0 Å². The third-order valence-corrected chi connectivity index (χ3v) is 3.21. The predicted molar refractivity (Wildman–Crippen MR) is 67.8 cm³/mol. The number of hydrogen-bond acceptors (Lipinski definition) is 3. The molecule has 1 atom stereocenters. The summed E-state index contributed by atoms with van der Waals surface area (Å²) in [6.45, 7) is 6.01. The van der Waals surface area contributed by atoms with E-state index in [0.29, 0.717) is 6.10 Å². The molecule has 96 valence electrons. The Morgan fingerprint density at radius 2 is 2.47 bits per heavy atom. The molecule has 0 saturated carbocycles. The molecule has 1 aliphatic heterocycles. The molecule has 1 unspecified atom stereocenters. The quantitative estimate of drug-likeness (QED) is 0.769. The number of imidazole rings is 1. The summed E-state index contributed by atoms with van der Waals surface area (Å²) in [5.74, 6) is 0. The summed E-state index contributed by atoms with van der Waals surface area (Å²) in [6, 6.07) is 0. The molecule has 17 heavy (non-hydrogen) atoms. The van der Waals surface area contributed by atoms with Crippen LogP contribution >= 0.6 is 0 Å². The second kappa shape index (κ2) is 6.77. The molecule has 0 bridgehead atoms. The fraction of sp³-hybridized carbons (Fsp3) is 0.769. The highest BCUT2D eigenvalue weighted by Gasteiger charge is 2.15. The van der Waals surface area contributed by atoms with Gasteiger partial charge in [0.15, 0.2) is 0 Å². The first-order valence-corrected chi connectivity index (χ1v) is 6.71. The van der Waals surface area contributed by atoms with Crippen LogP contribution < -0.4 is 5.32 Å². The molecule has 0 aromatic carbocycles. The number of ether oxygens (including phenoxy) is 1. The summed E-state index contributed by atoms with van der Waals surface area (Å²) in [4.78, 5) is 4.23. The lowest BCUT2D eigenvalue weighted by molar-refractivity contribution is 0.00553. The minimum Gasteiger partial charge on any atom is -0.376 e. The number of nitrogens with one attached hydrogen (secondary N) is 1. The van der Waals surface area contributed by atoms with E-state index in [1.807, 2.05) is 12.5 Å². The average molecular weight is 237 g/mol. The molecule has 1 aliphatic rings. The first kappa shape index (κ1) is 12.6. The zero-order chi connectivity index (χ0) is 11.9. The van der Waals surface area contributed by atoms with Gasteiger partial charge in [0.25, 0.3) is 0 Å². The number of nitrogens with zero attached hydrogens (tertiary/aromatic N) is 2. The smallest absolute Gasteiger partial charge is 0.0949 e. The van der Waals surface area contributed by atoms with Gasteiger partial charge in [-0.15, -0.1) is 0 Å². The highest BCUT2D eigenvalue weighted by Crippen LogP contribution is 2.15. The molecule has 4 heteroatoms. The largest absolute Gasteiger partial charge is 0.376 e. The Kier molecular flexibility index (Phi) is 5.01. The van der Waals surface area contributed by atoms with Crippen molar-refractivity contribution < 1.29 is 4.74 Å². The molecule has 0 amide bonds. The highest BCUT2D eigenvalue weighted by molar-refractivity contribution is 4.98. The molecule has 4 nitrogen and oxygen atoms in total. The lowest BCUT2D eigenvalue weighted by atomic mass is 10.1. The van der Waals surface area contributed by atoms with Crippen LogP contribution in [0.2, 0.25) is 0 Å². The van der Waals surface area contributed by atoms with Crippen molar-refractivity contribution in [1.29, 1.82) is 0 Å². The Morgan fingerprint density at radius 3 is 3.24 bits per heavy atom.